The van der Waals surface area contributed by atoms with Gasteiger partial charge in [-0.05, 0) is 24.3 Å². The molecule has 0 unspecified atom stereocenters. The van der Waals surface area contributed by atoms with E-state index in [1.54, 1.807) is 12.1 Å². The lowest BCUT2D eigenvalue weighted by molar-refractivity contribution is 0.601. The predicted octanol–water partition coefficient (Wildman–Crippen LogP) is 0.750. The molecular formula is C10H16N2O2S. The molecule has 0 atom stereocenters. The maximum atomic E-state index is 11.0. The fourth-order valence-corrected chi connectivity index (χ4v) is 1.77. The number of rotatable bonds is 4. The van der Waals surface area contributed by atoms with Crippen LogP contribution < -0.4 is 10.6 Å². The summed E-state index contributed by atoms with van der Waals surface area (Å²) in [5, 5.41) is 0. The van der Waals surface area contributed by atoms with Crippen molar-refractivity contribution in [1.29, 1.82) is 0 Å². The highest BCUT2D eigenvalue weighted by Gasteiger charge is 2.05. The first kappa shape index (κ1) is 11.8. The normalized spacial score (nSPS) is 11.3. The highest BCUT2D eigenvalue weighted by molar-refractivity contribution is 7.90. The first-order valence-electron chi connectivity index (χ1n) is 4.63. The molecule has 0 aromatic heterocycles. The van der Waals surface area contributed by atoms with Crippen molar-refractivity contribution in [2.75, 3.05) is 36.2 Å². The smallest absolute Gasteiger partial charge is 0.149 e. The van der Waals surface area contributed by atoms with Gasteiger partial charge in [-0.3, -0.25) is 0 Å². The summed E-state index contributed by atoms with van der Waals surface area (Å²) in [6.07, 6.45) is 1.24. The van der Waals surface area contributed by atoms with Crippen LogP contribution >= 0.6 is 0 Å². The summed E-state index contributed by atoms with van der Waals surface area (Å²) in [7, 11) is -1.04. The topological polar surface area (TPSA) is 63.4 Å². The van der Waals surface area contributed by atoms with E-state index in [2.05, 4.69) is 0 Å². The summed E-state index contributed by atoms with van der Waals surface area (Å²) in [5.41, 5.74) is 7.23. The number of sulfone groups is 1. The van der Waals surface area contributed by atoms with E-state index in [0.29, 0.717) is 12.2 Å². The number of hydrogen-bond acceptors (Lipinski definition) is 4. The molecule has 1 rings (SSSR count). The molecule has 0 saturated carbocycles. The molecule has 15 heavy (non-hydrogen) atoms. The second-order valence-electron chi connectivity index (χ2n) is 3.64. The minimum Gasteiger partial charge on any atom is -0.399 e. The molecule has 0 fully saturated rings. The van der Waals surface area contributed by atoms with E-state index in [1.165, 1.54) is 6.26 Å². The molecule has 4 nitrogen and oxygen atoms in total. The van der Waals surface area contributed by atoms with Crippen molar-refractivity contribution >= 4 is 21.2 Å². The van der Waals surface area contributed by atoms with Gasteiger partial charge in [0.1, 0.15) is 9.84 Å². The highest BCUT2D eigenvalue weighted by atomic mass is 32.2. The Bertz CT molecular complexity index is 412. The van der Waals surface area contributed by atoms with E-state index in [9.17, 15) is 8.42 Å². The van der Waals surface area contributed by atoms with Crippen LogP contribution in [-0.4, -0.2) is 34.0 Å². The fraction of sp³-hybridized carbons (Fsp3) is 0.400. The lowest BCUT2D eigenvalue weighted by Gasteiger charge is -2.18. The average Bonchev–Trinajstić information content (AvgIpc) is 2.14. The van der Waals surface area contributed by atoms with Crippen molar-refractivity contribution in [2.45, 2.75) is 0 Å². The number of hydrogen-bond donors (Lipinski definition) is 1. The van der Waals surface area contributed by atoms with Gasteiger partial charge in [0.25, 0.3) is 0 Å². The number of anilines is 2. The number of nitrogens with zero attached hydrogens (tertiary/aromatic N) is 1. The molecule has 0 heterocycles. The maximum absolute atomic E-state index is 11.0. The van der Waals surface area contributed by atoms with Gasteiger partial charge in [0.05, 0.1) is 5.75 Å². The summed E-state index contributed by atoms with van der Waals surface area (Å²) in [5.74, 6) is 0.161. The third-order valence-corrected chi connectivity index (χ3v) is 3.06. The first-order chi connectivity index (χ1) is 6.88. The Labute approximate surface area is 90.6 Å². The lowest BCUT2D eigenvalue weighted by atomic mass is 10.2. The Morgan fingerprint density at radius 2 is 1.80 bits per heavy atom. The monoisotopic (exact) mass is 228 g/mol. The Hall–Kier alpha value is -1.23. The third-order valence-electron chi connectivity index (χ3n) is 2.13. The zero-order chi connectivity index (χ0) is 11.5. The molecule has 1 aromatic rings. The van der Waals surface area contributed by atoms with Gasteiger partial charge in [-0.25, -0.2) is 8.42 Å². The summed E-state index contributed by atoms with van der Waals surface area (Å²) < 4.78 is 21.9. The molecule has 1 aromatic carbocycles. The van der Waals surface area contributed by atoms with Crippen molar-refractivity contribution in [1.82, 2.24) is 0 Å². The molecule has 0 aliphatic carbocycles. The quantitative estimate of drug-likeness (QED) is 0.772. The predicted molar refractivity (Wildman–Crippen MR) is 63.8 cm³/mol. The summed E-state index contributed by atoms with van der Waals surface area (Å²) in [6, 6.07) is 7.34. The Balaban J connectivity index is 2.61. The molecule has 5 heteroatoms. The minimum atomic E-state index is -2.90. The van der Waals surface area contributed by atoms with E-state index in [4.69, 9.17) is 5.73 Å². The second kappa shape index (κ2) is 4.53. The van der Waals surface area contributed by atoms with Gasteiger partial charge >= 0.3 is 0 Å². The molecule has 0 saturated heterocycles. The van der Waals surface area contributed by atoms with Gasteiger partial charge in [-0.15, -0.1) is 0 Å². The van der Waals surface area contributed by atoms with Gasteiger partial charge < -0.3 is 10.6 Å². The zero-order valence-corrected chi connectivity index (χ0v) is 9.79. The van der Waals surface area contributed by atoms with Crippen LogP contribution in [0, 0.1) is 0 Å². The van der Waals surface area contributed by atoms with Crippen LogP contribution in [-0.2, 0) is 9.84 Å². The van der Waals surface area contributed by atoms with Crippen LogP contribution in [0.15, 0.2) is 24.3 Å². The zero-order valence-electron chi connectivity index (χ0n) is 8.97. The second-order valence-corrected chi connectivity index (χ2v) is 5.90. The van der Waals surface area contributed by atoms with Crippen molar-refractivity contribution < 1.29 is 8.42 Å². The molecule has 0 radical (unpaired) electrons. The van der Waals surface area contributed by atoms with Crippen molar-refractivity contribution in [3.8, 4) is 0 Å². The molecule has 0 spiro atoms. The number of benzene rings is 1. The minimum absolute atomic E-state index is 0.161. The SMILES string of the molecule is CN(CCS(C)(=O)=O)c1ccc(N)cc1. The molecule has 0 aliphatic heterocycles. The first-order valence-corrected chi connectivity index (χ1v) is 6.69. The largest absolute Gasteiger partial charge is 0.399 e. The van der Waals surface area contributed by atoms with Gasteiger partial charge in [0.15, 0.2) is 0 Å². The molecular weight excluding hydrogens is 212 g/mol. The van der Waals surface area contributed by atoms with E-state index >= 15 is 0 Å². The summed E-state index contributed by atoms with van der Waals surface area (Å²) >= 11 is 0. The Morgan fingerprint density at radius 3 is 2.27 bits per heavy atom. The molecule has 0 aliphatic rings. The Morgan fingerprint density at radius 1 is 1.27 bits per heavy atom. The van der Waals surface area contributed by atoms with Crippen LogP contribution in [0.1, 0.15) is 0 Å². The van der Waals surface area contributed by atoms with Crippen LogP contribution in [0.3, 0.4) is 0 Å². The summed E-state index contributed by atoms with van der Waals surface area (Å²) in [6.45, 7) is 0.489. The molecule has 84 valence electrons. The van der Waals surface area contributed by atoms with Crippen LogP contribution in [0.2, 0.25) is 0 Å². The van der Waals surface area contributed by atoms with E-state index in [0.717, 1.165) is 5.69 Å². The molecule has 2 N–H and O–H groups in total. The standard InChI is InChI=1S/C10H16N2O2S/c1-12(7-8-15(2,13)14)10-5-3-9(11)4-6-10/h3-6H,7-8,11H2,1-2H3. The Kier molecular flexibility index (Phi) is 3.57. The van der Waals surface area contributed by atoms with Crippen LogP contribution in [0.4, 0.5) is 11.4 Å². The number of nitrogen functional groups attached to an aromatic ring is 1. The molecule has 0 amide bonds. The van der Waals surface area contributed by atoms with Crippen molar-refractivity contribution in [3.05, 3.63) is 24.3 Å². The average molecular weight is 228 g/mol. The van der Waals surface area contributed by atoms with E-state index < -0.39 is 9.84 Å². The van der Waals surface area contributed by atoms with Crippen LogP contribution in [0.5, 0.6) is 0 Å². The summed E-state index contributed by atoms with van der Waals surface area (Å²) in [4.78, 5) is 1.89. The van der Waals surface area contributed by atoms with Gasteiger partial charge in [0.2, 0.25) is 0 Å². The van der Waals surface area contributed by atoms with E-state index in [-0.39, 0.29) is 5.75 Å². The van der Waals surface area contributed by atoms with Crippen molar-refractivity contribution in [2.24, 2.45) is 0 Å². The van der Waals surface area contributed by atoms with Gasteiger partial charge in [-0.1, -0.05) is 0 Å². The number of nitrogens with two attached hydrogens (primary N) is 1. The third kappa shape index (κ3) is 4.20. The van der Waals surface area contributed by atoms with E-state index in [1.807, 2.05) is 24.1 Å². The van der Waals surface area contributed by atoms with Crippen LogP contribution in [0.25, 0.3) is 0 Å². The fourth-order valence-electron chi connectivity index (χ4n) is 1.16. The molecule has 0 bridgehead atoms. The van der Waals surface area contributed by atoms with Crippen molar-refractivity contribution in [3.63, 3.8) is 0 Å². The lowest BCUT2D eigenvalue weighted by Crippen LogP contribution is -2.24. The van der Waals surface area contributed by atoms with Gasteiger partial charge in [0, 0.05) is 31.2 Å². The maximum Gasteiger partial charge on any atom is 0.149 e. The van der Waals surface area contributed by atoms with Gasteiger partial charge in [-0.2, -0.15) is 0 Å². The highest BCUT2D eigenvalue weighted by Crippen LogP contribution is 2.14.